The molecule has 1 aliphatic rings. The van der Waals surface area contributed by atoms with E-state index < -0.39 is 0 Å². The van der Waals surface area contributed by atoms with Crippen LogP contribution in [0.15, 0.2) is 12.1 Å². The van der Waals surface area contributed by atoms with Gasteiger partial charge in [-0.15, -0.1) is 0 Å². The van der Waals surface area contributed by atoms with Crippen LogP contribution in [0.3, 0.4) is 0 Å². The average Bonchev–Trinajstić information content (AvgIpc) is 2.95. The van der Waals surface area contributed by atoms with E-state index in [0.29, 0.717) is 17.3 Å². The molecule has 25 heavy (non-hydrogen) atoms. The van der Waals surface area contributed by atoms with Gasteiger partial charge in [0.1, 0.15) is 11.3 Å². The van der Waals surface area contributed by atoms with Crippen LogP contribution in [0.1, 0.15) is 25.7 Å². The van der Waals surface area contributed by atoms with E-state index in [4.69, 9.17) is 21.3 Å². The first-order valence-corrected chi connectivity index (χ1v) is 9.80. The van der Waals surface area contributed by atoms with Crippen molar-refractivity contribution in [2.75, 3.05) is 39.2 Å². The number of anilines is 1. The molecule has 0 atom stereocenters. The summed E-state index contributed by atoms with van der Waals surface area (Å²) < 4.78 is 6.27. The van der Waals surface area contributed by atoms with Crippen LogP contribution in [-0.2, 0) is 4.79 Å². The predicted octanol–water partition coefficient (Wildman–Crippen LogP) is 4.04. The van der Waals surface area contributed by atoms with Crippen LogP contribution < -0.4 is 9.64 Å². The molecular formula is C18H24ClN3O2S. The zero-order valence-electron chi connectivity index (χ0n) is 14.9. The fourth-order valence-electron chi connectivity index (χ4n) is 2.94. The van der Waals surface area contributed by atoms with Crippen LogP contribution in [0.25, 0.3) is 10.2 Å². The summed E-state index contributed by atoms with van der Waals surface area (Å²) in [7, 11) is 5.71. The molecule has 1 fully saturated rings. The van der Waals surface area contributed by atoms with E-state index in [-0.39, 0.29) is 11.8 Å². The third-order valence-electron chi connectivity index (χ3n) is 4.61. The summed E-state index contributed by atoms with van der Waals surface area (Å²) in [5, 5.41) is 1.36. The number of methoxy groups -OCH3 is 1. The quantitative estimate of drug-likeness (QED) is 0.726. The largest absolute Gasteiger partial charge is 0.494 e. The highest BCUT2D eigenvalue weighted by Gasteiger charge is 2.31. The third kappa shape index (κ3) is 3.91. The summed E-state index contributed by atoms with van der Waals surface area (Å²) in [5.41, 5.74) is 0.731. The van der Waals surface area contributed by atoms with Gasteiger partial charge >= 0.3 is 0 Å². The number of hydrogen-bond donors (Lipinski definition) is 0. The molecule has 0 radical (unpaired) electrons. The summed E-state index contributed by atoms with van der Waals surface area (Å²) in [6.45, 7) is 1.61. The number of fused-ring (bicyclic) bond motifs is 1. The van der Waals surface area contributed by atoms with Crippen molar-refractivity contribution in [3.05, 3.63) is 17.2 Å². The molecule has 1 amide bonds. The van der Waals surface area contributed by atoms with Crippen molar-refractivity contribution in [3.63, 3.8) is 0 Å². The molecule has 136 valence electrons. The fraction of sp³-hybridized carbons (Fsp3) is 0.556. The molecule has 0 bridgehead atoms. The molecule has 0 spiro atoms. The first-order chi connectivity index (χ1) is 12.0. The van der Waals surface area contributed by atoms with Crippen molar-refractivity contribution in [2.24, 2.45) is 5.92 Å². The monoisotopic (exact) mass is 381 g/mol. The molecular weight excluding hydrogens is 358 g/mol. The van der Waals surface area contributed by atoms with Gasteiger partial charge in [-0.3, -0.25) is 9.69 Å². The number of thiazole rings is 1. The summed E-state index contributed by atoms with van der Waals surface area (Å²) in [4.78, 5) is 21.6. The van der Waals surface area contributed by atoms with Gasteiger partial charge in [0, 0.05) is 12.5 Å². The van der Waals surface area contributed by atoms with E-state index in [2.05, 4.69) is 4.90 Å². The Morgan fingerprint density at radius 3 is 2.72 bits per heavy atom. The Morgan fingerprint density at radius 1 is 1.36 bits per heavy atom. The highest BCUT2D eigenvalue weighted by atomic mass is 35.5. The third-order valence-corrected chi connectivity index (χ3v) is 6.14. The van der Waals surface area contributed by atoms with Gasteiger partial charge in [0.25, 0.3) is 0 Å². The Hall–Kier alpha value is -1.37. The van der Waals surface area contributed by atoms with Crippen molar-refractivity contribution >= 4 is 44.2 Å². The normalized spacial score (nSPS) is 14.8. The number of carbonyl (C=O) groups excluding carboxylic acids is 1. The molecule has 0 saturated heterocycles. The maximum absolute atomic E-state index is 12.9. The molecule has 1 aliphatic carbocycles. The van der Waals surface area contributed by atoms with E-state index in [1.807, 2.05) is 31.1 Å². The van der Waals surface area contributed by atoms with Gasteiger partial charge in [0.05, 0.1) is 16.8 Å². The lowest BCUT2D eigenvalue weighted by molar-refractivity contribution is -0.124. The zero-order valence-corrected chi connectivity index (χ0v) is 16.5. The van der Waals surface area contributed by atoms with Crippen LogP contribution in [0.4, 0.5) is 5.13 Å². The Kier molecular flexibility index (Phi) is 5.81. The number of amides is 1. The molecule has 5 nitrogen and oxygen atoms in total. The Morgan fingerprint density at radius 2 is 2.12 bits per heavy atom. The minimum absolute atomic E-state index is 0.142. The van der Waals surface area contributed by atoms with E-state index in [1.54, 1.807) is 7.11 Å². The molecule has 1 heterocycles. The standard InChI is InChI=1S/C18H24ClN3O2S/c1-21(2)10-5-11-22(17(23)12-6-4-7-12)18-20-15-14(24-3)9-8-13(19)16(15)25-18/h8-9,12H,4-7,10-11H2,1-3H3. The number of halogens is 1. The predicted molar refractivity (Wildman–Crippen MR) is 104 cm³/mol. The number of hydrogen-bond acceptors (Lipinski definition) is 5. The zero-order chi connectivity index (χ0) is 18.0. The number of rotatable bonds is 7. The summed E-state index contributed by atoms with van der Waals surface area (Å²) in [6, 6.07) is 3.63. The summed E-state index contributed by atoms with van der Waals surface area (Å²) in [6.07, 6.45) is 4.02. The van der Waals surface area contributed by atoms with Crippen LogP contribution >= 0.6 is 22.9 Å². The maximum atomic E-state index is 12.9. The number of benzene rings is 1. The van der Waals surface area contributed by atoms with E-state index in [1.165, 1.54) is 11.3 Å². The second kappa shape index (κ2) is 7.89. The van der Waals surface area contributed by atoms with Crippen LogP contribution in [0.2, 0.25) is 5.02 Å². The minimum Gasteiger partial charge on any atom is -0.494 e. The molecule has 3 rings (SSSR count). The van der Waals surface area contributed by atoms with Gasteiger partial charge in [0.15, 0.2) is 5.13 Å². The van der Waals surface area contributed by atoms with Gasteiger partial charge in [-0.1, -0.05) is 29.4 Å². The van der Waals surface area contributed by atoms with Gasteiger partial charge in [-0.2, -0.15) is 0 Å². The lowest BCUT2D eigenvalue weighted by Crippen LogP contribution is -2.40. The fourth-order valence-corrected chi connectivity index (χ4v) is 4.23. The van der Waals surface area contributed by atoms with Gasteiger partial charge < -0.3 is 9.64 Å². The topological polar surface area (TPSA) is 45.7 Å². The number of ether oxygens (including phenoxy) is 1. The van der Waals surface area contributed by atoms with Crippen molar-refractivity contribution < 1.29 is 9.53 Å². The first kappa shape index (κ1) is 18.4. The van der Waals surface area contributed by atoms with Gasteiger partial charge in [-0.05, 0) is 52.0 Å². The Labute approximate surface area is 157 Å². The average molecular weight is 382 g/mol. The second-order valence-corrected chi connectivity index (χ2v) is 8.08. The second-order valence-electron chi connectivity index (χ2n) is 6.70. The minimum atomic E-state index is 0.142. The smallest absolute Gasteiger partial charge is 0.231 e. The molecule has 1 saturated carbocycles. The van der Waals surface area contributed by atoms with Crippen molar-refractivity contribution in [1.29, 1.82) is 0 Å². The van der Waals surface area contributed by atoms with Crippen molar-refractivity contribution in [1.82, 2.24) is 9.88 Å². The van der Waals surface area contributed by atoms with E-state index in [9.17, 15) is 4.79 Å². The molecule has 0 N–H and O–H groups in total. The van der Waals surface area contributed by atoms with Gasteiger partial charge in [-0.25, -0.2) is 4.98 Å². The molecule has 0 unspecified atom stereocenters. The maximum Gasteiger partial charge on any atom is 0.231 e. The molecule has 7 heteroatoms. The van der Waals surface area contributed by atoms with Gasteiger partial charge in [0.2, 0.25) is 5.91 Å². The Balaban J connectivity index is 1.92. The number of aromatic nitrogens is 1. The number of carbonyl (C=O) groups is 1. The van der Waals surface area contributed by atoms with Crippen molar-refractivity contribution in [3.8, 4) is 5.75 Å². The number of nitrogens with zero attached hydrogens (tertiary/aromatic N) is 3. The first-order valence-electron chi connectivity index (χ1n) is 8.60. The van der Waals surface area contributed by atoms with Crippen molar-refractivity contribution in [2.45, 2.75) is 25.7 Å². The van der Waals surface area contributed by atoms with Crippen LogP contribution in [0, 0.1) is 5.92 Å². The molecule has 1 aromatic heterocycles. The van der Waals surface area contributed by atoms with Crippen LogP contribution in [-0.4, -0.2) is 50.1 Å². The van der Waals surface area contributed by atoms with Crippen LogP contribution in [0.5, 0.6) is 5.75 Å². The van der Waals surface area contributed by atoms with E-state index in [0.717, 1.165) is 47.6 Å². The molecule has 1 aromatic carbocycles. The molecule has 0 aliphatic heterocycles. The Bertz CT molecular complexity index is 758. The molecule has 2 aromatic rings. The highest BCUT2D eigenvalue weighted by Crippen LogP contribution is 2.40. The highest BCUT2D eigenvalue weighted by molar-refractivity contribution is 7.23. The summed E-state index contributed by atoms with van der Waals surface area (Å²) >= 11 is 7.80. The SMILES string of the molecule is COc1ccc(Cl)c2sc(N(CCCN(C)C)C(=O)C3CCC3)nc12. The lowest BCUT2D eigenvalue weighted by Gasteiger charge is -2.30. The lowest BCUT2D eigenvalue weighted by atomic mass is 9.84. The van der Waals surface area contributed by atoms with E-state index >= 15 is 0 Å². The summed E-state index contributed by atoms with van der Waals surface area (Å²) in [5.74, 6) is 1.02.